The Bertz CT molecular complexity index is 986. The summed E-state index contributed by atoms with van der Waals surface area (Å²) in [6, 6.07) is 14.7. The lowest BCUT2D eigenvalue weighted by Crippen LogP contribution is -2.31. The van der Waals surface area contributed by atoms with Gasteiger partial charge >= 0.3 is 0 Å². The smallest absolute Gasteiger partial charge is 0.261 e. The van der Waals surface area contributed by atoms with Gasteiger partial charge in [0.2, 0.25) is 0 Å². The van der Waals surface area contributed by atoms with E-state index in [2.05, 4.69) is 15.3 Å². The van der Waals surface area contributed by atoms with Gasteiger partial charge in [0, 0.05) is 24.7 Å². The van der Waals surface area contributed by atoms with E-state index in [1.54, 1.807) is 24.3 Å². The molecular formula is C19H16N4O2S. The van der Waals surface area contributed by atoms with Crippen molar-refractivity contribution in [3.05, 3.63) is 59.7 Å². The number of imide groups is 1. The van der Waals surface area contributed by atoms with E-state index in [-0.39, 0.29) is 11.8 Å². The first-order valence-corrected chi connectivity index (χ1v) is 9.20. The molecule has 7 heteroatoms. The molecule has 3 aromatic rings. The lowest BCUT2D eigenvalue weighted by atomic mass is 10.1. The Morgan fingerprint density at radius 2 is 1.62 bits per heavy atom. The predicted octanol–water partition coefficient (Wildman–Crippen LogP) is 3.06. The molecule has 2 heterocycles. The summed E-state index contributed by atoms with van der Waals surface area (Å²) < 4.78 is 0. The SMILES string of the molecule is CNc1nc(SCCN2C(=O)c3ccccc3C2=O)nc2ccccc12. The summed E-state index contributed by atoms with van der Waals surface area (Å²) in [5.41, 5.74) is 1.80. The summed E-state index contributed by atoms with van der Waals surface area (Å²) in [4.78, 5) is 35.1. The van der Waals surface area contributed by atoms with E-state index in [9.17, 15) is 9.59 Å². The van der Waals surface area contributed by atoms with Gasteiger partial charge in [0.15, 0.2) is 5.16 Å². The van der Waals surface area contributed by atoms with Crippen LogP contribution in [0.4, 0.5) is 5.82 Å². The summed E-state index contributed by atoms with van der Waals surface area (Å²) in [6.45, 7) is 0.322. The van der Waals surface area contributed by atoms with Crippen LogP contribution in [0.5, 0.6) is 0 Å². The van der Waals surface area contributed by atoms with Crippen molar-refractivity contribution in [3.8, 4) is 0 Å². The van der Waals surface area contributed by atoms with Crippen molar-refractivity contribution in [1.82, 2.24) is 14.9 Å². The number of para-hydroxylation sites is 1. The fraction of sp³-hybridized carbons (Fsp3) is 0.158. The topological polar surface area (TPSA) is 75.2 Å². The van der Waals surface area contributed by atoms with E-state index in [0.29, 0.717) is 28.6 Å². The second-order valence-electron chi connectivity index (χ2n) is 5.78. The summed E-state index contributed by atoms with van der Waals surface area (Å²) in [7, 11) is 1.82. The highest BCUT2D eigenvalue weighted by Crippen LogP contribution is 2.26. The van der Waals surface area contributed by atoms with Crippen molar-refractivity contribution >= 4 is 40.3 Å². The van der Waals surface area contributed by atoms with Gasteiger partial charge in [-0.05, 0) is 24.3 Å². The van der Waals surface area contributed by atoms with Gasteiger partial charge < -0.3 is 5.32 Å². The maximum Gasteiger partial charge on any atom is 0.261 e. The van der Waals surface area contributed by atoms with E-state index >= 15 is 0 Å². The first-order chi connectivity index (χ1) is 12.7. The van der Waals surface area contributed by atoms with Crippen LogP contribution < -0.4 is 5.32 Å². The lowest BCUT2D eigenvalue weighted by Gasteiger charge is -2.13. The van der Waals surface area contributed by atoms with Crippen molar-refractivity contribution in [2.24, 2.45) is 0 Å². The Morgan fingerprint density at radius 3 is 2.31 bits per heavy atom. The molecular weight excluding hydrogens is 348 g/mol. The van der Waals surface area contributed by atoms with E-state index in [4.69, 9.17) is 0 Å². The van der Waals surface area contributed by atoms with E-state index in [1.807, 2.05) is 31.3 Å². The van der Waals surface area contributed by atoms with Crippen LogP contribution in [-0.4, -0.2) is 46.0 Å². The first kappa shape index (κ1) is 16.5. The molecule has 1 N–H and O–H groups in total. The summed E-state index contributed by atoms with van der Waals surface area (Å²) in [6.07, 6.45) is 0. The van der Waals surface area contributed by atoms with Gasteiger partial charge in [-0.2, -0.15) is 0 Å². The van der Waals surface area contributed by atoms with Gasteiger partial charge in [-0.3, -0.25) is 14.5 Å². The van der Waals surface area contributed by atoms with E-state index in [1.165, 1.54) is 16.7 Å². The second-order valence-corrected chi connectivity index (χ2v) is 6.84. The van der Waals surface area contributed by atoms with Crippen molar-refractivity contribution < 1.29 is 9.59 Å². The Kier molecular flexibility index (Phi) is 4.30. The van der Waals surface area contributed by atoms with Crippen molar-refractivity contribution in [2.45, 2.75) is 5.16 Å². The van der Waals surface area contributed by atoms with Gasteiger partial charge in [0.1, 0.15) is 5.82 Å². The molecule has 0 radical (unpaired) electrons. The zero-order valence-electron chi connectivity index (χ0n) is 14.1. The predicted molar refractivity (Wildman–Crippen MR) is 102 cm³/mol. The average Bonchev–Trinajstić information content (AvgIpc) is 2.92. The molecule has 1 aromatic heterocycles. The highest BCUT2D eigenvalue weighted by Gasteiger charge is 2.34. The zero-order valence-corrected chi connectivity index (χ0v) is 14.9. The minimum absolute atomic E-state index is 0.235. The molecule has 6 nitrogen and oxygen atoms in total. The fourth-order valence-corrected chi connectivity index (χ4v) is 3.76. The van der Waals surface area contributed by atoms with Crippen LogP contribution in [0.2, 0.25) is 0 Å². The van der Waals surface area contributed by atoms with Crippen LogP contribution in [-0.2, 0) is 0 Å². The van der Waals surface area contributed by atoms with Gasteiger partial charge in [-0.1, -0.05) is 36.0 Å². The molecule has 0 unspecified atom stereocenters. The third-order valence-electron chi connectivity index (χ3n) is 4.24. The third-order valence-corrected chi connectivity index (χ3v) is 5.07. The maximum absolute atomic E-state index is 12.4. The van der Waals surface area contributed by atoms with Crippen molar-refractivity contribution in [2.75, 3.05) is 24.7 Å². The Hall–Kier alpha value is -2.93. The van der Waals surface area contributed by atoms with Crippen LogP contribution in [0, 0.1) is 0 Å². The molecule has 1 aliphatic rings. The number of hydrogen-bond donors (Lipinski definition) is 1. The molecule has 130 valence electrons. The number of carbonyl (C=O) groups excluding carboxylic acids is 2. The van der Waals surface area contributed by atoms with Crippen molar-refractivity contribution in [1.29, 1.82) is 0 Å². The number of hydrogen-bond acceptors (Lipinski definition) is 6. The largest absolute Gasteiger partial charge is 0.372 e. The Morgan fingerprint density at radius 1 is 0.962 bits per heavy atom. The molecule has 26 heavy (non-hydrogen) atoms. The van der Waals surface area contributed by atoms with Crippen LogP contribution in [0.3, 0.4) is 0 Å². The van der Waals surface area contributed by atoms with Gasteiger partial charge in [0.05, 0.1) is 16.6 Å². The monoisotopic (exact) mass is 364 g/mol. The molecule has 0 fully saturated rings. The number of anilines is 1. The molecule has 0 aliphatic carbocycles. The normalized spacial score (nSPS) is 13.3. The number of carbonyl (C=O) groups is 2. The van der Waals surface area contributed by atoms with E-state index < -0.39 is 0 Å². The number of amides is 2. The molecule has 0 bridgehead atoms. The number of fused-ring (bicyclic) bond motifs is 2. The first-order valence-electron chi connectivity index (χ1n) is 8.21. The molecule has 0 atom stereocenters. The summed E-state index contributed by atoms with van der Waals surface area (Å²) in [5, 5.41) is 4.66. The molecule has 0 spiro atoms. The zero-order chi connectivity index (χ0) is 18.1. The van der Waals surface area contributed by atoms with E-state index in [0.717, 1.165) is 16.7 Å². The van der Waals surface area contributed by atoms with Crippen LogP contribution in [0.25, 0.3) is 10.9 Å². The van der Waals surface area contributed by atoms with Crippen LogP contribution in [0.1, 0.15) is 20.7 Å². The number of rotatable bonds is 5. The number of nitrogens with zero attached hydrogens (tertiary/aromatic N) is 3. The quantitative estimate of drug-likeness (QED) is 0.426. The molecule has 2 aromatic carbocycles. The minimum Gasteiger partial charge on any atom is -0.372 e. The molecule has 2 amide bonds. The summed E-state index contributed by atoms with van der Waals surface area (Å²) in [5.74, 6) is 0.828. The van der Waals surface area contributed by atoms with Gasteiger partial charge in [0.25, 0.3) is 11.8 Å². The second kappa shape index (κ2) is 6.76. The fourth-order valence-electron chi connectivity index (χ4n) is 2.98. The Balaban J connectivity index is 1.48. The highest BCUT2D eigenvalue weighted by atomic mass is 32.2. The van der Waals surface area contributed by atoms with Crippen molar-refractivity contribution in [3.63, 3.8) is 0 Å². The maximum atomic E-state index is 12.4. The van der Waals surface area contributed by atoms with Crippen LogP contribution >= 0.6 is 11.8 Å². The van der Waals surface area contributed by atoms with Crippen LogP contribution in [0.15, 0.2) is 53.7 Å². The molecule has 0 saturated heterocycles. The standard InChI is InChI=1S/C19H16N4O2S/c1-20-16-14-8-4-5-9-15(14)21-19(22-16)26-11-10-23-17(24)12-6-2-3-7-13(12)18(23)25/h2-9H,10-11H2,1H3,(H,20,21,22). The van der Waals surface area contributed by atoms with Gasteiger partial charge in [-0.25, -0.2) is 9.97 Å². The average molecular weight is 364 g/mol. The number of nitrogens with one attached hydrogen (secondary N) is 1. The lowest BCUT2D eigenvalue weighted by molar-refractivity contribution is 0.0664. The summed E-state index contributed by atoms with van der Waals surface area (Å²) >= 11 is 1.43. The number of thioether (sulfide) groups is 1. The molecule has 1 aliphatic heterocycles. The van der Waals surface area contributed by atoms with Gasteiger partial charge in [-0.15, -0.1) is 0 Å². The third kappa shape index (κ3) is 2.80. The number of aromatic nitrogens is 2. The Labute approximate surface area is 154 Å². The molecule has 0 saturated carbocycles. The minimum atomic E-state index is -0.235. The number of benzene rings is 2. The molecule has 4 rings (SSSR count). The highest BCUT2D eigenvalue weighted by molar-refractivity contribution is 7.99.